The lowest BCUT2D eigenvalue weighted by Crippen LogP contribution is -2.41. The van der Waals surface area contributed by atoms with Crippen molar-refractivity contribution >= 4 is 34.4 Å². The van der Waals surface area contributed by atoms with Crippen LogP contribution in [0.3, 0.4) is 0 Å². The van der Waals surface area contributed by atoms with E-state index in [-0.39, 0.29) is 11.8 Å². The van der Waals surface area contributed by atoms with Gasteiger partial charge in [0.1, 0.15) is 5.75 Å². The number of ether oxygens (including phenoxy) is 1. The molecule has 0 saturated heterocycles. The molecule has 5 nitrogen and oxygen atoms in total. The van der Waals surface area contributed by atoms with Gasteiger partial charge in [0.15, 0.2) is 0 Å². The van der Waals surface area contributed by atoms with Crippen molar-refractivity contribution in [1.82, 2.24) is 10.9 Å². The molecule has 0 heterocycles. The first-order chi connectivity index (χ1) is 13.1. The molecule has 27 heavy (non-hydrogen) atoms. The number of rotatable bonds is 9. The van der Waals surface area contributed by atoms with E-state index < -0.39 is 0 Å². The number of hydrogen-bond acceptors (Lipinski definition) is 3. The second kappa shape index (κ2) is 11.6. The minimum Gasteiger partial charge on any atom is -0.494 e. The van der Waals surface area contributed by atoms with Crippen molar-refractivity contribution in [3.05, 3.63) is 63.2 Å². The summed E-state index contributed by atoms with van der Waals surface area (Å²) in [6, 6.07) is 14.1. The lowest BCUT2D eigenvalue weighted by Gasteiger charge is -2.09. The van der Waals surface area contributed by atoms with Crippen LogP contribution in [0.2, 0.25) is 0 Å². The Balaban J connectivity index is 1.76. The summed E-state index contributed by atoms with van der Waals surface area (Å²) in [7, 11) is 0. The molecule has 0 aliphatic heterocycles. The summed E-state index contributed by atoms with van der Waals surface area (Å²) in [6.07, 6.45) is 5.95. The zero-order valence-electron chi connectivity index (χ0n) is 15.5. The molecule has 144 valence electrons. The molecule has 2 aromatic rings. The molecule has 0 unspecified atom stereocenters. The number of hydrazine groups is 1. The summed E-state index contributed by atoms with van der Waals surface area (Å²) in [5.41, 5.74) is 5.84. The largest absolute Gasteiger partial charge is 0.494 e. The van der Waals surface area contributed by atoms with E-state index in [0.29, 0.717) is 17.7 Å². The highest BCUT2D eigenvalue weighted by Crippen LogP contribution is 2.14. The van der Waals surface area contributed by atoms with Gasteiger partial charge in [0.25, 0.3) is 11.8 Å². The van der Waals surface area contributed by atoms with Gasteiger partial charge in [-0.1, -0.05) is 44.7 Å². The standard InChI is InChI=1S/C21H25IN2O3/c1-2-3-4-5-8-15-27-17-13-11-16(12-14-17)20(25)23-24-21(26)18-9-6-7-10-19(18)22/h6-7,9-14H,2-5,8,15H2,1H3,(H,23,25)(H,24,26). The maximum Gasteiger partial charge on any atom is 0.270 e. The molecule has 0 aliphatic rings. The maximum atomic E-state index is 12.2. The molecule has 0 spiro atoms. The third-order valence-electron chi connectivity index (χ3n) is 4.04. The Morgan fingerprint density at radius 1 is 0.889 bits per heavy atom. The van der Waals surface area contributed by atoms with E-state index in [4.69, 9.17) is 4.74 Å². The van der Waals surface area contributed by atoms with Crippen molar-refractivity contribution in [3.8, 4) is 5.75 Å². The first-order valence-corrected chi connectivity index (χ1v) is 10.3. The number of benzene rings is 2. The summed E-state index contributed by atoms with van der Waals surface area (Å²) in [5, 5.41) is 0. The second-order valence-electron chi connectivity index (χ2n) is 6.18. The Hall–Kier alpha value is -2.09. The average Bonchev–Trinajstić information content (AvgIpc) is 2.69. The minimum atomic E-state index is -0.375. The highest BCUT2D eigenvalue weighted by molar-refractivity contribution is 14.1. The van der Waals surface area contributed by atoms with Gasteiger partial charge in [-0.3, -0.25) is 20.4 Å². The van der Waals surface area contributed by atoms with Gasteiger partial charge < -0.3 is 4.74 Å². The number of unbranched alkanes of at least 4 members (excludes halogenated alkanes) is 4. The number of carbonyl (C=O) groups excluding carboxylic acids is 2. The molecule has 0 bridgehead atoms. The zero-order chi connectivity index (χ0) is 19.5. The molecule has 2 aromatic carbocycles. The Kier molecular flexibility index (Phi) is 9.10. The summed E-state index contributed by atoms with van der Waals surface area (Å²) in [6.45, 7) is 2.88. The topological polar surface area (TPSA) is 67.4 Å². The number of hydrogen-bond donors (Lipinski definition) is 2. The van der Waals surface area contributed by atoms with Crippen LogP contribution >= 0.6 is 22.6 Å². The van der Waals surface area contributed by atoms with Crippen LogP contribution in [0, 0.1) is 3.57 Å². The lowest BCUT2D eigenvalue weighted by atomic mass is 10.2. The van der Waals surface area contributed by atoms with Gasteiger partial charge in [-0.2, -0.15) is 0 Å². The van der Waals surface area contributed by atoms with Gasteiger partial charge in [0.05, 0.1) is 12.2 Å². The van der Waals surface area contributed by atoms with Crippen LogP contribution in [0.4, 0.5) is 0 Å². The SMILES string of the molecule is CCCCCCCOc1ccc(C(=O)NNC(=O)c2ccccc2I)cc1. The fourth-order valence-corrected chi connectivity index (χ4v) is 3.13. The first kappa shape index (κ1) is 21.2. The van der Waals surface area contributed by atoms with E-state index >= 15 is 0 Å². The van der Waals surface area contributed by atoms with E-state index in [1.165, 1.54) is 25.7 Å². The van der Waals surface area contributed by atoms with Crippen molar-refractivity contribution in [2.75, 3.05) is 6.61 Å². The maximum absolute atomic E-state index is 12.2. The van der Waals surface area contributed by atoms with E-state index in [2.05, 4.69) is 40.4 Å². The quantitative estimate of drug-likeness (QED) is 0.310. The summed E-state index contributed by atoms with van der Waals surface area (Å²) in [5.74, 6) is 0.0155. The molecule has 0 radical (unpaired) electrons. The van der Waals surface area contributed by atoms with E-state index in [0.717, 1.165) is 15.7 Å². The number of amides is 2. The fourth-order valence-electron chi connectivity index (χ4n) is 2.50. The van der Waals surface area contributed by atoms with Gasteiger partial charge in [-0.25, -0.2) is 0 Å². The number of halogens is 1. The normalized spacial score (nSPS) is 10.3. The van der Waals surface area contributed by atoms with Crippen molar-refractivity contribution in [2.45, 2.75) is 39.0 Å². The van der Waals surface area contributed by atoms with Crippen molar-refractivity contribution in [3.63, 3.8) is 0 Å². The van der Waals surface area contributed by atoms with Crippen molar-refractivity contribution in [1.29, 1.82) is 0 Å². The van der Waals surface area contributed by atoms with Crippen LogP contribution in [-0.4, -0.2) is 18.4 Å². The zero-order valence-corrected chi connectivity index (χ0v) is 17.6. The fraction of sp³-hybridized carbons (Fsp3) is 0.333. The van der Waals surface area contributed by atoms with Crippen LogP contribution in [0.25, 0.3) is 0 Å². The Morgan fingerprint density at radius 2 is 1.56 bits per heavy atom. The van der Waals surface area contributed by atoms with E-state index in [1.807, 2.05) is 12.1 Å². The van der Waals surface area contributed by atoms with E-state index in [1.54, 1.807) is 36.4 Å². The predicted octanol–water partition coefficient (Wildman–Crippen LogP) is 4.72. The van der Waals surface area contributed by atoms with Crippen LogP contribution in [0.1, 0.15) is 59.7 Å². The molecule has 2 N–H and O–H groups in total. The monoisotopic (exact) mass is 480 g/mol. The number of nitrogens with one attached hydrogen (secondary N) is 2. The average molecular weight is 480 g/mol. The van der Waals surface area contributed by atoms with Crippen LogP contribution in [0.15, 0.2) is 48.5 Å². The third-order valence-corrected chi connectivity index (χ3v) is 4.98. The molecule has 0 atom stereocenters. The summed E-state index contributed by atoms with van der Waals surface area (Å²) in [4.78, 5) is 24.3. The Bertz CT molecular complexity index is 747. The van der Waals surface area contributed by atoms with Crippen molar-refractivity contribution in [2.24, 2.45) is 0 Å². The van der Waals surface area contributed by atoms with Gasteiger partial charge in [0, 0.05) is 9.13 Å². The van der Waals surface area contributed by atoms with Gasteiger partial charge in [-0.05, 0) is 65.4 Å². The minimum absolute atomic E-state index is 0.351. The molecule has 0 aliphatic carbocycles. The molecule has 0 fully saturated rings. The summed E-state index contributed by atoms with van der Waals surface area (Å²) >= 11 is 2.08. The molecule has 2 amide bonds. The summed E-state index contributed by atoms with van der Waals surface area (Å²) < 4.78 is 6.51. The Morgan fingerprint density at radius 3 is 2.26 bits per heavy atom. The van der Waals surface area contributed by atoms with Gasteiger partial charge >= 0.3 is 0 Å². The third kappa shape index (κ3) is 7.21. The highest BCUT2D eigenvalue weighted by Gasteiger charge is 2.11. The van der Waals surface area contributed by atoms with Crippen LogP contribution in [0.5, 0.6) is 5.75 Å². The molecular formula is C21H25IN2O3. The van der Waals surface area contributed by atoms with E-state index in [9.17, 15) is 9.59 Å². The van der Waals surface area contributed by atoms with Crippen molar-refractivity contribution < 1.29 is 14.3 Å². The molecule has 6 heteroatoms. The molecule has 0 saturated carbocycles. The molecule has 0 aromatic heterocycles. The molecular weight excluding hydrogens is 455 g/mol. The Labute approximate surface area is 174 Å². The first-order valence-electron chi connectivity index (χ1n) is 9.20. The lowest BCUT2D eigenvalue weighted by molar-refractivity contribution is 0.0846. The smallest absolute Gasteiger partial charge is 0.270 e. The number of carbonyl (C=O) groups is 2. The predicted molar refractivity (Wildman–Crippen MR) is 115 cm³/mol. The van der Waals surface area contributed by atoms with Crippen LogP contribution in [-0.2, 0) is 0 Å². The highest BCUT2D eigenvalue weighted by atomic mass is 127. The van der Waals surface area contributed by atoms with Gasteiger partial charge in [0.2, 0.25) is 0 Å². The van der Waals surface area contributed by atoms with Gasteiger partial charge in [-0.15, -0.1) is 0 Å². The van der Waals surface area contributed by atoms with Crippen LogP contribution < -0.4 is 15.6 Å². The molecule has 2 rings (SSSR count). The second-order valence-corrected chi connectivity index (χ2v) is 7.34.